The first-order valence-electron chi connectivity index (χ1n) is 19.8. The lowest BCUT2D eigenvalue weighted by molar-refractivity contribution is 0.930. The summed E-state index contributed by atoms with van der Waals surface area (Å²) < 4.78 is 5.20. The fourth-order valence-electron chi connectivity index (χ4n) is 7.91. The van der Waals surface area contributed by atoms with Gasteiger partial charge in [0, 0.05) is 37.7 Å². The number of hydrogen-bond donors (Lipinski definition) is 0. The summed E-state index contributed by atoms with van der Waals surface area (Å²) >= 11 is 1.90. The van der Waals surface area contributed by atoms with Crippen LogP contribution >= 0.6 is 11.3 Å². The molecule has 0 saturated carbocycles. The summed E-state index contributed by atoms with van der Waals surface area (Å²) in [5.41, 5.74) is 15.2. The number of aromatic nitrogens is 1. The third kappa shape index (κ3) is 7.00. The van der Waals surface area contributed by atoms with Crippen molar-refractivity contribution in [1.29, 1.82) is 0 Å². The number of nitrogens with zero attached hydrogens (tertiary/aromatic N) is 2. The maximum Gasteiger partial charge on any atom is 0.0716 e. The minimum Gasteiger partial charge on any atom is -0.312 e. The van der Waals surface area contributed by atoms with E-state index in [0.29, 0.717) is 0 Å². The summed E-state index contributed by atoms with van der Waals surface area (Å²) in [7, 11) is 0. The van der Waals surface area contributed by atoms with Gasteiger partial charge < -0.3 is 4.57 Å². The van der Waals surface area contributed by atoms with Crippen molar-refractivity contribution in [2.24, 2.45) is 4.99 Å². The number of benzene rings is 6. The van der Waals surface area contributed by atoms with Crippen LogP contribution in [0.15, 0.2) is 175 Å². The van der Waals surface area contributed by atoms with Crippen molar-refractivity contribution in [2.75, 3.05) is 0 Å². The van der Waals surface area contributed by atoms with Gasteiger partial charge in [-0.2, -0.15) is 0 Å². The second-order valence-electron chi connectivity index (χ2n) is 14.8. The van der Waals surface area contributed by atoms with Crippen LogP contribution in [0.3, 0.4) is 0 Å². The Morgan fingerprint density at radius 3 is 2.12 bits per heavy atom. The Morgan fingerprint density at radius 2 is 1.36 bits per heavy atom. The molecule has 1 aliphatic carbocycles. The average Bonchev–Trinajstić information content (AvgIpc) is 3.78. The van der Waals surface area contributed by atoms with Gasteiger partial charge in [0.15, 0.2) is 0 Å². The van der Waals surface area contributed by atoms with Crippen molar-refractivity contribution < 1.29 is 0 Å². The number of hydrogen-bond acceptors (Lipinski definition) is 2. The van der Waals surface area contributed by atoms with Crippen LogP contribution < -0.4 is 0 Å². The van der Waals surface area contributed by atoms with Crippen LogP contribution in [-0.4, -0.2) is 10.3 Å². The van der Waals surface area contributed by atoms with Gasteiger partial charge in [-0.3, -0.25) is 4.99 Å². The molecule has 0 saturated heterocycles. The molecular formula is C53H48N2S. The molecule has 0 aliphatic heterocycles. The highest BCUT2D eigenvalue weighted by atomic mass is 32.1. The number of rotatable bonds is 7. The van der Waals surface area contributed by atoms with E-state index in [1.165, 1.54) is 81.9 Å². The molecule has 2 aromatic heterocycles. The van der Waals surface area contributed by atoms with Crippen LogP contribution in [-0.2, 0) is 0 Å². The fourth-order valence-corrected chi connectivity index (χ4v) is 9.15. The topological polar surface area (TPSA) is 17.3 Å². The van der Waals surface area contributed by atoms with E-state index in [0.717, 1.165) is 41.0 Å². The molecule has 2 nitrogen and oxygen atoms in total. The lowest BCUT2D eigenvalue weighted by Crippen LogP contribution is -2.04. The zero-order chi connectivity index (χ0) is 38.8. The maximum atomic E-state index is 5.32. The monoisotopic (exact) mass is 744 g/mol. The number of thiophene rings is 1. The summed E-state index contributed by atoms with van der Waals surface area (Å²) in [6, 6.07) is 48.0. The van der Waals surface area contributed by atoms with E-state index in [2.05, 4.69) is 197 Å². The third-order valence-corrected chi connectivity index (χ3v) is 12.0. The largest absolute Gasteiger partial charge is 0.312 e. The molecule has 56 heavy (non-hydrogen) atoms. The van der Waals surface area contributed by atoms with E-state index in [9.17, 15) is 0 Å². The van der Waals surface area contributed by atoms with E-state index < -0.39 is 0 Å². The fraction of sp³-hybridized carbons (Fsp3) is 0.151. The summed E-state index contributed by atoms with van der Waals surface area (Å²) in [5, 5.41) is 5.25. The standard InChI is InChI=1S/C50H40N2S.C3H8/c1-32-14-8-9-17-40(32)45-31-38(23-22-33(45)2)34(3)30-46(51-35(4)36-15-6-5-7-16-36)37-24-26-39(27-25-37)52-47-20-12-10-18-41(47)43-28-29-44-42-19-11-13-21-48(42)53-50(44)49(43)52;1-3-2/h5-24,26,28-31H,3,25,27H2,1-2,4H3;3H2,1-2H3/b46-30-,51-35?;. The molecule has 0 atom stereocenters. The molecule has 8 aromatic rings. The van der Waals surface area contributed by atoms with Gasteiger partial charge in [-0.15, -0.1) is 11.3 Å². The molecule has 0 spiro atoms. The molecule has 0 bridgehead atoms. The minimum atomic E-state index is 0.870. The summed E-state index contributed by atoms with van der Waals surface area (Å²) in [4.78, 5) is 5.32. The van der Waals surface area contributed by atoms with Crippen molar-refractivity contribution >= 4 is 70.3 Å². The minimum absolute atomic E-state index is 0.870. The first-order valence-corrected chi connectivity index (χ1v) is 20.6. The molecule has 9 rings (SSSR count). The Hall–Kier alpha value is -6.03. The van der Waals surface area contributed by atoms with Gasteiger partial charge in [-0.25, -0.2) is 0 Å². The molecule has 3 heteroatoms. The van der Waals surface area contributed by atoms with E-state index >= 15 is 0 Å². The van der Waals surface area contributed by atoms with Crippen molar-refractivity contribution in [3.63, 3.8) is 0 Å². The quantitative estimate of drug-likeness (QED) is 0.114. The van der Waals surface area contributed by atoms with Gasteiger partial charge in [0.25, 0.3) is 0 Å². The highest BCUT2D eigenvalue weighted by molar-refractivity contribution is 7.26. The molecular weight excluding hydrogens is 697 g/mol. The second-order valence-corrected chi connectivity index (χ2v) is 15.9. The molecule has 0 fully saturated rings. The lowest BCUT2D eigenvalue weighted by atomic mass is 9.92. The number of aliphatic imine (C=N–C) groups is 1. The van der Waals surface area contributed by atoms with Gasteiger partial charge in [0.2, 0.25) is 0 Å². The van der Waals surface area contributed by atoms with Crippen LogP contribution in [0, 0.1) is 13.8 Å². The predicted octanol–water partition coefficient (Wildman–Crippen LogP) is 15.5. The van der Waals surface area contributed by atoms with Gasteiger partial charge in [-0.1, -0.05) is 148 Å². The van der Waals surface area contributed by atoms with Crippen molar-refractivity contribution in [3.05, 3.63) is 192 Å². The molecule has 0 N–H and O–H groups in total. The van der Waals surface area contributed by atoms with Crippen molar-refractivity contribution in [3.8, 4) is 11.1 Å². The van der Waals surface area contributed by atoms with E-state index in [-0.39, 0.29) is 0 Å². The number of para-hydroxylation sites is 1. The molecule has 1 aliphatic rings. The molecule has 0 unspecified atom stereocenters. The first kappa shape index (κ1) is 36.9. The lowest BCUT2D eigenvalue weighted by Gasteiger charge is -2.19. The molecule has 2 heterocycles. The average molecular weight is 745 g/mol. The van der Waals surface area contributed by atoms with E-state index in [4.69, 9.17) is 4.99 Å². The number of allylic oxidation sites excluding steroid dienone is 6. The number of aryl methyl sites for hydroxylation is 2. The Labute approximate surface area is 335 Å². The zero-order valence-electron chi connectivity index (χ0n) is 33.1. The van der Waals surface area contributed by atoms with E-state index in [1.54, 1.807) is 0 Å². The molecule has 0 amide bonds. The highest BCUT2D eigenvalue weighted by Gasteiger charge is 2.21. The maximum absolute atomic E-state index is 5.32. The van der Waals surface area contributed by atoms with Crippen LogP contribution in [0.5, 0.6) is 0 Å². The smallest absolute Gasteiger partial charge is 0.0716 e. The van der Waals surface area contributed by atoms with Crippen molar-refractivity contribution in [2.45, 2.75) is 53.9 Å². The van der Waals surface area contributed by atoms with Crippen molar-refractivity contribution in [1.82, 2.24) is 4.57 Å². The van der Waals surface area contributed by atoms with Gasteiger partial charge >= 0.3 is 0 Å². The third-order valence-electron chi connectivity index (χ3n) is 10.8. The highest BCUT2D eigenvalue weighted by Crippen LogP contribution is 2.44. The normalized spacial score (nSPS) is 13.5. The Kier molecular flexibility index (Phi) is 10.5. The van der Waals surface area contributed by atoms with Crippen LogP contribution in [0.25, 0.3) is 64.4 Å². The van der Waals surface area contributed by atoms with Crippen LogP contribution in [0.4, 0.5) is 0 Å². The van der Waals surface area contributed by atoms with Crippen LogP contribution in [0.1, 0.15) is 62.3 Å². The van der Waals surface area contributed by atoms with Gasteiger partial charge in [0.1, 0.15) is 0 Å². The number of fused-ring (bicyclic) bond motifs is 7. The summed E-state index contributed by atoms with van der Waals surface area (Å²) in [6.07, 6.45) is 9.81. The van der Waals surface area contributed by atoms with Crippen LogP contribution in [0.2, 0.25) is 0 Å². The molecule has 0 radical (unpaired) electrons. The predicted molar refractivity (Wildman–Crippen MR) is 247 cm³/mol. The zero-order valence-corrected chi connectivity index (χ0v) is 33.9. The molecule has 6 aromatic carbocycles. The van der Waals surface area contributed by atoms with Gasteiger partial charge in [0.05, 0.1) is 21.4 Å². The SMILES string of the molecule is C=C(/C=C(\N=C(C)c1ccccc1)C1=CC=C(n2c3ccccc3c3ccc4c5ccccc5sc4c32)CC1)c1ccc(C)c(-c2ccccc2C)c1.CCC. The van der Waals surface area contributed by atoms with E-state index in [1.807, 2.05) is 11.3 Å². The second kappa shape index (κ2) is 16.0. The summed E-state index contributed by atoms with van der Waals surface area (Å²) in [5.74, 6) is 0. The summed E-state index contributed by atoms with van der Waals surface area (Å²) in [6.45, 7) is 15.3. The first-order chi connectivity index (χ1) is 27.4. The molecule has 276 valence electrons. The Bertz CT molecular complexity index is 2890. The Balaban J connectivity index is 0.00000143. The Morgan fingerprint density at radius 1 is 0.679 bits per heavy atom. The van der Waals surface area contributed by atoms with Gasteiger partial charge in [-0.05, 0) is 108 Å².